The second kappa shape index (κ2) is 5.59. The lowest BCUT2D eigenvalue weighted by atomic mass is 9.89. The standard InChI is InChI=1S/C14H19N3O4/c1-14(13(21)15-2)5-7-17(9-14)11(18)8-16-6-3-4-10(16)12(19)20/h3-4,6H,5,7-9H2,1-2H3,(H,15,21)(H,19,20). The SMILES string of the molecule is CNC(=O)C1(C)CCN(C(=O)Cn2cccc2C(=O)O)C1. The minimum Gasteiger partial charge on any atom is -0.477 e. The lowest BCUT2D eigenvalue weighted by molar-refractivity contribution is -0.132. The Morgan fingerprint density at radius 2 is 2.14 bits per heavy atom. The zero-order chi connectivity index (χ0) is 15.6. The number of carbonyl (C=O) groups excluding carboxylic acids is 2. The summed E-state index contributed by atoms with van der Waals surface area (Å²) in [4.78, 5) is 36.7. The molecule has 2 amide bonds. The van der Waals surface area contributed by atoms with Crippen LogP contribution in [0.5, 0.6) is 0 Å². The number of hydrogen-bond acceptors (Lipinski definition) is 3. The Morgan fingerprint density at radius 3 is 2.76 bits per heavy atom. The topological polar surface area (TPSA) is 91.6 Å². The molecule has 7 nitrogen and oxygen atoms in total. The molecule has 0 radical (unpaired) electrons. The number of nitrogens with zero attached hydrogens (tertiary/aromatic N) is 2. The highest BCUT2D eigenvalue weighted by Gasteiger charge is 2.41. The van der Waals surface area contributed by atoms with Gasteiger partial charge < -0.3 is 19.9 Å². The van der Waals surface area contributed by atoms with Gasteiger partial charge in [0.25, 0.3) is 0 Å². The summed E-state index contributed by atoms with van der Waals surface area (Å²) in [5.41, 5.74) is -0.492. The number of nitrogens with one attached hydrogen (secondary N) is 1. The average molecular weight is 293 g/mol. The van der Waals surface area contributed by atoms with Crippen molar-refractivity contribution in [3.05, 3.63) is 24.0 Å². The summed E-state index contributed by atoms with van der Waals surface area (Å²) in [6.45, 7) is 2.66. The maximum atomic E-state index is 12.3. The fraction of sp³-hybridized carbons (Fsp3) is 0.500. The summed E-state index contributed by atoms with van der Waals surface area (Å²) in [6, 6.07) is 3.05. The molecule has 1 atom stereocenters. The van der Waals surface area contributed by atoms with E-state index < -0.39 is 11.4 Å². The Bertz CT molecular complexity index is 581. The van der Waals surface area contributed by atoms with Crippen LogP contribution in [0.25, 0.3) is 0 Å². The second-order valence-electron chi connectivity index (χ2n) is 5.53. The van der Waals surface area contributed by atoms with Crippen molar-refractivity contribution in [3.63, 3.8) is 0 Å². The number of rotatable bonds is 4. The van der Waals surface area contributed by atoms with Crippen molar-refractivity contribution >= 4 is 17.8 Å². The summed E-state index contributed by atoms with van der Waals surface area (Å²) >= 11 is 0. The van der Waals surface area contributed by atoms with Crippen molar-refractivity contribution in [2.75, 3.05) is 20.1 Å². The minimum atomic E-state index is -1.07. The summed E-state index contributed by atoms with van der Waals surface area (Å²) in [7, 11) is 1.58. The van der Waals surface area contributed by atoms with E-state index in [9.17, 15) is 14.4 Å². The Kier molecular flexibility index (Phi) is 4.02. The van der Waals surface area contributed by atoms with Gasteiger partial charge in [-0.25, -0.2) is 4.79 Å². The van der Waals surface area contributed by atoms with E-state index in [2.05, 4.69) is 5.32 Å². The number of amides is 2. The predicted octanol–water partition coefficient (Wildman–Crippen LogP) is 0.171. The fourth-order valence-electron chi connectivity index (χ4n) is 2.65. The van der Waals surface area contributed by atoms with Gasteiger partial charge in [-0.15, -0.1) is 0 Å². The monoisotopic (exact) mass is 293 g/mol. The molecule has 2 N–H and O–H groups in total. The molecule has 2 rings (SSSR count). The predicted molar refractivity (Wildman–Crippen MR) is 74.8 cm³/mol. The van der Waals surface area contributed by atoms with E-state index in [1.165, 1.54) is 10.6 Å². The van der Waals surface area contributed by atoms with E-state index in [1.54, 1.807) is 24.2 Å². The van der Waals surface area contributed by atoms with Crippen LogP contribution in [0.15, 0.2) is 18.3 Å². The average Bonchev–Trinajstić information content (AvgIpc) is 3.05. The summed E-state index contributed by atoms with van der Waals surface area (Å²) in [5, 5.41) is 11.6. The van der Waals surface area contributed by atoms with Crippen LogP contribution < -0.4 is 5.32 Å². The zero-order valence-electron chi connectivity index (χ0n) is 12.1. The van der Waals surface area contributed by atoms with Gasteiger partial charge in [-0.3, -0.25) is 9.59 Å². The van der Waals surface area contributed by atoms with E-state index in [-0.39, 0.29) is 24.1 Å². The molecule has 1 aromatic heterocycles. The highest BCUT2D eigenvalue weighted by Crippen LogP contribution is 2.30. The van der Waals surface area contributed by atoms with Crippen LogP contribution in [-0.4, -0.2) is 52.5 Å². The van der Waals surface area contributed by atoms with Crippen molar-refractivity contribution in [2.45, 2.75) is 19.9 Å². The summed E-state index contributed by atoms with van der Waals surface area (Å²) in [6.07, 6.45) is 2.17. The fourth-order valence-corrected chi connectivity index (χ4v) is 2.65. The van der Waals surface area contributed by atoms with Gasteiger partial charge in [0.05, 0.1) is 5.41 Å². The highest BCUT2D eigenvalue weighted by molar-refractivity contribution is 5.87. The molecule has 1 aliphatic rings. The number of aromatic nitrogens is 1. The van der Waals surface area contributed by atoms with Crippen molar-refractivity contribution in [2.24, 2.45) is 5.41 Å². The van der Waals surface area contributed by atoms with Crippen molar-refractivity contribution in [1.82, 2.24) is 14.8 Å². The van der Waals surface area contributed by atoms with Crippen molar-refractivity contribution < 1.29 is 19.5 Å². The van der Waals surface area contributed by atoms with Crippen LogP contribution in [0.3, 0.4) is 0 Å². The largest absolute Gasteiger partial charge is 0.477 e. The van der Waals surface area contributed by atoms with E-state index >= 15 is 0 Å². The Morgan fingerprint density at radius 1 is 1.43 bits per heavy atom. The Hall–Kier alpha value is -2.31. The number of aromatic carboxylic acids is 1. The molecule has 1 saturated heterocycles. The van der Waals surface area contributed by atoms with Crippen LogP contribution in [0.1, 0.15) is 23.8 Å². The molecule has 0 spiro atoms. The first-order valence-corrected chi connectivity index (χ1v) is 6.76. The van der Waals surface area contributed by atoms with Crippen LogP contribution in [0.4, 0.5) is 0 Å². The first kappa shape index (κ1) is 15.1. The van der Waals surface area contributed by atoms with Gasteiger partial charge in [-0.1, -0.05) is 0 Å². The van der Waals surface area contributed by atoms with E-state index in [4.69, 9.17) is 5.11 Å². The lowest BCUT2D eigenvalue weighted by Crippen LogP contribution is -2.41. The molecule has 21 heavy (non-hydrogen) atoms. The third-order valence-electron chi connectivity index (χ3n) is 3.96. The quantitative estimate of drug-likeness (QED) is 0.828. The molecule has 1 aliphatic heterocycles. The molecule has 1 aromatic rings. The molecule has 0 saturated carbocycles. The van der Waals surface area contributed by atoms with Gasteiger partial charge in [0.1, 0.15) is 12.2 Å². The number of likely N-dealkylation sites (tertiary alicyclic amines) is 1. The molecule has 0 aromatic carbocycles. The molecular formula is C14H19N3O4. The molecule has 2 heterocycles. The number of carboxylic acids is 1. The minimum absolute atomic E-state index is 0.0293. The van der Waals surface area contributed by atoms with Crippen LogP contribution in [0, 0.1) is 5.41 Å². The maximum absolute atomic E-state index is 12.3. The normalized spacial score (nSPS) is 21.3. The first-order valence-electron chi connectivity index (χ1n) is 6.76. The van der Waals surface area contributed by atoms with Gasteiger partial charge in [0, 0.05) is 26.3 Å². The summed E-state index contributed by atoms with van der Waals surface area (Å²) < 4.78 is 1.40. The molecule has 1 fully saturated rings. The van der Waals surface area contributed by atoms with Crippen LogP contribution >= 0.6 is 0 Å². The van der Waals surface area contributed by atoms with Gasteiger partial charge in [-0.05, 0) is 25.5 Å². The van der Waals surface area contributed by atoms with Crippen LogP contribution in [-0.2, 0) is 16.1 Å². The molecule has 7 heteroatoms. The zero-order valence-corrected chi connectivity index (χ0v) is 12.1. The number of carbonyl (C=O) groups is 3. The van der Waals surface area contributed by atoms with E-state index in [0.717, 1.165) is 0 Å². The third-order valence-corrected chi connectivity index (χ3v) is 3.96. The van der Waals surface area contributed by atoms with Crippen molar-refractivity contribution in [3.8, 4) is 0 Å². The second-order valence-corrected chi connectivity index (χ2v) is 5.53. The van der Waals surface area contributed by atoms with Gasteiger partial charge >= 0.3 is 5.97 Å². The molecular weight excluding hydrogens is 274 g/mol. The van der Waals surface area contributed by atoms with E-state index in [1.807, 2.05) is 6.92 Å². The van der Waals surface area contributed by atoms with E-state index in [0.29, 0.717) is 19.5 Å². The Balaban J connectivity index is 2.04. The van der Waals surface area contributed by atoms with Gasteiger partial charge in [0.2, 0.25) is 11.8 Å². The molecule has 0 bridgehead atoms. The lowest BCUT2D eigenvalue weighted by Gasteiger charge is -2.23. The highest BCUT2D eigenvalue weighted by atomic mass is 16.4. The molecule has 114 valence electrons. The maximum Gasteiger partial charge on any atom is 0.352 e. The number of hydrogen-bond donors (Lipinski definition) is 2. The first-order chi connectivity index (χ1) is 9.87. The van der Waals surface area contributed by atoms with Crippen LogP contribution in [0.2, 0.25) is 0 Å². The smallest absolute Gasteiger partial charge is 0.352 e. The van der Waals surface area contributed by atoms with Gasteiger partial charge in [0.15, 0.2) is 0 Å². The van der Waals surface area contributed by atoms with Crippen molar-refractivity contribution in [1.29, 1.82) is 0 Å². The van der Waals surface area contributed by atoms with Gasteiger partial charge in [-0.2, -0.15) is 0 Å². The Labute approximate surface area is 122 Å². The molecule has 1 unspecified atom stereocenters. The molecule has 0 aliphatic carbocycles. The summed E-state index contributed by atoms with van der Waals surface area (Å²) in [5.74, 6) is -1.32. The number of carboxylic acid groups (broad SMARTS) is 1. The third kappa shape index (κ3) is 2.91.